The van der Waals surface area contributed by atoms with Crippen LogP contribution >= 0.6 is 0 Å². The summed E-state index contributed by atoms with van der Waals surface area (Å²) in [6.07, 6.45) is 14.2. The lowest BCUT2D eigenvalue weighted by Crippen LogP contribution is -2.47. The molecule has 0 aromatic carbocycles. The molecule has 0 spiro atoms. The van der Waals surface area contributed by atoms with Crippen molar-refractivity contribution in [2.24, 2.45) is 0 Å². The minimum atomic E-state index is -0.616. The first-order valence-electron chi connectivity index (χ1n) is 14.4. The zero-order valence-corrected chi connectivity index (χ0v) is 22.5. The van der Waals surface area contributed by atoms with Gasteiger partial charge in [-0.3, -0.25) is 9.78 Å². The number of carbonyl (C=O) groups excluding carboxylic acids is 2. The number of fused-ring (bicyclic) bond motifs is 1. The average molecular weight is 550 g/mol. The van der Waals surface area contributed by atoms with E-state index in [1.807, 2.05) is 11.0 Å². The fourth-order valence-corrected chi connectivity index (χ4v) is 5.54. The van der Waals surface area contributed by atoms with Crippen LogP contribution in [0.3, 0.4) is 0 Å². The van der Waals surface area contributed by atoms with E-state index in [2.05, 4.69) is 31.2 Å². The molecule has 6 rings (SSSR count). The lowest BCUT2D eigenvalue weighted by molar-refractivity contribution is 0.102. The first-order chi connectivity index (χ1) is 19.5. The van der Waals surface area contributed by atoms with Crippen molar-refractivity contribution in [1.82, 2.24) is 29.8 Å². The van der Waals surface area contributed by atoms with Crippen molar-refractivity contribution in [2.75, 3.05) is 29.0 Å². The molecule has 2 aliphatic carbocycles. The summed E-state index contributed by atoms with van der Waals surface area (Å²) < 4.78 is 15.6. The van der Waals surface area contributed by atoms with E-state index < -0.39 is 11.7 Å². The zero-order valence-electron chi connectivity index (χ0n) is 22.5. The van der Waals surface area contributed by atoms with E-state index in [0.29, 0.717) is 17.5 Å². The number of nitrogens with zero attached hydrogens (tertiary/aromatic N) is 5. The second-order valence-electron chi connectivity index (χ2n) is 11.1. The Balaban J connectivity index is 1.13. The van der Waals surface area contributed by atoms with Crippen LogP contribution in [-0.4, -0.2) is 67.6 Å². The molecule has 3 aliphatic rings. The Hall–Kier alpha value is -3.96. The van der Waals surface area contributed by atoms with E-state index in [1.165, 1.54) is 35.8 Å². The van der Waals surface area contributed by atoms with E-state index >= 15 is 0 Å². The maximum absolute atomic E-state index is 14.1. The van der Waals surface area contributed by atoms with Crippen molar-refractivity contribution in [3.8, 4) is 0 Å². The SMILES string of the molecule is O=C(Nc1ccncc1F)c1cnc2c(NC3CC3)cc(N[C@H]3CC[C@H](NC(=O)N4CCCCCC4)CC3)nn12. The number of likely N-dealkylation sites (tertiary alicyclic amines) is 1. The van der Waals surface area contributed by atoms with E-state index in [0.717, 1.165) is 76.3 Å². The number of pyridine rings is 1. The molecule has 3 aromatic rings. The Morgan fingerprint density at radius 2 is 1.57 bits per heavy atom. The van der Waals surface area contributed by atoms with Crippen LogP contribution in [0.15, 0.2) is 30.7 Å². The van der Waals surface area contributed by atoms with Gasteiger partial charge >= 0.3 is 6.03 Å². The molecular formula is C28H36FN9O2. The van der Waals surface area contributed by atoms with Gasteiger partial charge in [-0.1, -0.05) is 12.8 Å². The number of carbonyl (C=O) groups is 2. The topological polar surface area (TPSA) is 129 Å². The number of amides is 3. The molecule has 12 heteroatoms. The molecule has 0 bridgehead atoms. The molecule has 4 N–H and O–H groups in total. The molecule has 0 radical (unpaired) electrons. The van der Waals surface area contributed by atoms with Gasteiger partial charge in [0.2, 0.25) is 0 Å². The number of rotatable bonds is 7. The Morgan fingerprint density at radius 1 is 0.875 bits per heavy atom. The molecule has 1 saturated heterocycles. The van der Waals surface area contributed by atoms with Crippen molar-refractivity contribution in [3.63, 3.8) is 0 Å². The third-order valence-electron chi connectivity index (χ3n) is 7.96. The van der Waals surface area contributed by atoms with Crippen LogP contribution in [-0.2, 0) is 0 Å². The molecule has 3 aromatic heterocycles. The predicted molar refractivity (Wildman–Crippen MR) is 150 cm³/mol. The summed E-state index contributed by atoms with van der Waals surface area (Å²) in [6, 6.07) is 4.16. The largest absolute Gasteiger partial charge is 0.379 e. The number of nitrogens with one attached hydrogen (secondary N) is 4. The number of urea groups is 1. The molecule has 4 heterocycles. The van der Waals surface area contributed by atoms with Gasteiger partial charge in [-0.15, -0.1) is 5.10 Å². The Labute approximate surface area is 232 Å². The van der Waals surface area contributed by atoms with Crippen LogP contribution in [0.25, 0.3) is 5.65 Å². The first kappa shape index (κ1) is 26.3. The molecule has 0 unspecified atom stereocenters. The number of anilines is 3. The summed E-state index contributed by atoms with van der Waals surface area (Å²) in [5.74, 6) is -0.496. The van der Waals surface area contributed by atoms with Crippen LogP contribution in [0.2, 0.25) is 0 Å². The Bertz CT molecular complexity index is 1360. The summed E-state index contributed by atoms with van der Waals surface area (Å²) >= 11 is 0. The fourth-order valence-electron chi connectivity index (χ4n) is 5.54. The van der Waals surface area contributed by atoms with Gasteiger partial charge < -0.3 is 26.2 Å². The third-order valence-corrected chi connectivity index (χ3v) is 7.96. The second-order valence-corrected chi connectivity index (χ2v) is 11.1. The molecule has 0 atom stereocenters. The molecule has 2 saturated carbocycles. The number of aromatic nitrogens is 4. The molecular weight excluding hydrogens is 513 g/mol. The predicted octanol–water partition coefficient (Wildman–Crippen LogP) is 4.40. The van der Waals surface area contributed by atoms with Crippen molar-refractivity contribution in [3.05, 3.63) is 42.2 Å². The van der Waals surface area contributed by atoms with Crippen LogP contribution in [0, 0.1) is 5.82 Å². The van der Waals surface area contributed by atoms with E-state index in [4.69, 9.17) is 5.10 Å². The summed E-state index contributed by atoms with van der Waals surface area (Å²) in [5, 5.41) is 17.6. The maximum atomic E-state index is 14.1. The van der Waals surface area contributed by atoms with Gasteiger partial charge in [-0.2, -0.15) is 0 Å². The minimum absolute atomic E-state index is 0.0419. The molecule has 3 fully saturated rings. The van der Waals surface area contributed by atoms with Crippen molar-refractivity contribution in [1.29, 1.82) is 0 Å². The molecule has 11 nitrogen and oxygen atoms in total. The zero-order chi connectivity index (χ0) is 27.5. The summed E-state index contributed by atoms with van der Waals surface area (Å²) in [6.45, 7) is 1.69. The van der Waals surface area contributed by atoms with Crippen LogP contribution in [0.4, 0.5) is 26.4 Å². The highest BCUT2D eigenvalue weighted by Crippen LogP contribution is 2.30. The standard InChI is InChI=1S/C28H36FN9O2/c29-21-16-30-12-11-22(21)35-27(39)24-17-31-26-23(32-18-5-6-18)15-25(36-38(24)26)33-19-7-9-20(10-8-19)34-28(40)37-13-3-1-2-4-14-37/h11-12,15-20,32H,1-10,13-14H2,(H,33,36)(H,34,40)(H,30,35,39)/t19-,20-. The van der Waals surface area contributed by atoms with Gasteiger partial charge in [-0.05, 0) is 57.4 Å². The van der Waals surface area contributed by atoms with Gasteiger partial charge in [0.05, 0.1) is 23.8 Å². The summed E-state index contributed by atoms with van der Waals surface area (Å²) in [4.78, 5) is 36.0. The number of imidazole rings is 1. The molecule has 3 amide bonds. The normalized spacial score (nSPS) is 21.5. The lowest BCUT2D eigenvalue weighted by atomic mass is 9.91. The number of hydrogen-bond acceptors (Lipinski definition) is 7. The molecule has 1 aliphatic heterocycles. The number of hydrogen-bond donors (Lipinski definition) is 4. The van der Waals surface area contributed by atoms with Crippen LogP contribution < -0.4 is 21.3 Å². The van der Waals surface area contributed by atoms with Gasteiger partial charge in [0.15, 0.2) is 17.2 Å². The quantitative estimate of drug-likeness (QED) is 0.344. The monoisotopic (exact) mass is 549 g/mol. The van der Waals surface area contributed by atoms with Crippen molar-refractivity contribution in [2.45, 2.75) is 82.3 Å². The summed E-state index contributed by atoms with van der Waals surface area (Å²) in [5.41, 5.74) is 1.58. The van der Waals surface area contributed by atoms with Gasteiger partial charge in [-0.25, -0.2) is 18.7 Å². The minimum Gasteiger partial charge on any atom is -0.379 e. The smallest absolute Gasteiger partial charge is 0.317 e. The number of halogens is 1. The van der Waals surface area contributed by atoms with E-state index in [1.54, 1.807) is 0 Å². The van der Waals surface area contributed by atoms with Crippen LogP contribution in [0.1, 0.15) is 74.7 Å². The van der Waals surface area contributed by atoms with Gasteiger partial charge in [0, 0.05) is 43.5 Å². The fraction of sp³-hybridized carbons (Fsp3) is 0.536. The van der Waals surface area contributed by atoms with E-state index in [9.17, 15) is 14.0 Å². The van der Waals surface area contributed by atoms with Gasteiger partial charge in [0.25, 0.3) is 5.91 Å². The Morgan fingerprint density at radius 3 is 2.30 bits per heavy atom. The van der Waals surface area contributed by atoms with Gasteiger partial charge in [0.1, 0.15) is 5.82 Å². The highest BCUT2D eigenvalue weighted by atomic mass is 19.1. The molecule has 40 heavy (non-hydrogen) atoms. The molecule has 212 valence electrons. The van der Waals surface area contributed by atoms with Crippen molar-refractivity contribution < 1.29 is 14.0 Å². The highest BCUT2D eigenvalue weighted by molar-refractivity contribution is 6.03. The van der Waals surface area contributed by atoms with Crippen LogP contribution in [0.5, 0.6) is 0 Å². The van der Waals surface area contributed by atoms with E-state index in [-0.39, 0.29) is 29.5 Å². The maximum Gasteiger partial charge on any atom is 0.317 e. The summed E-state index contributed by atoms with van der Waals surface area (Å²) in [7, 11) is 0. The third kappa shape index (κ3) is 6.10. The lowest BCUT2D eigenvalue weighted by Gasteiger charge is -2.32. The average Bonchev–Trinajstić information content (AvgIpc) is 3.72. The highest BCUT2D eigenvalue weighted by Gasteiger charge is 2.27. The first-order valence-corrected chi connectivity index (χ1v) is 14.4. The second kappa shape index (κ2) is 11.6. The Kier molecular flexibility index (Phi) is 7.65. The van der Waals surface area contributed by atoms with Crippen molar-refractivity contribution >= 4 is 34.8 Å².